The summed E-state index contributed by atoms with van der Waals surface area (Å²) in [6.45, 7) is 0. The molecule has 3 N–H and O–H groups in total. The minimum Gasteiger partial charge on any atom is -0.375 e. The molecular formula is C13H10N4OS. The van der Waals surface area contributed by atoms with Crippen LogP contribution in [0, 0.1) is 0 Å². The van der Waals surface area contributed by atoms with Gasteiger partial charge in [0.05, 0.1) is 11.2 Å². The number of rotatable bonds is 2. The molecule has 5 nitrogen and oxygen atoms in total. The van der Waals surface area contributed by atoms with Crippen molar-refractivity contribution in [1.29, 1.82) is 0 Å². The lowest BCUT2D eigenvalue weighted by atomic mass is 10.2. The molecule has 0 radical (unpaired) electrons. The fourth-order valence-electron chi connectivity index (χ4n) is 1.78. The number of thiazole rings is 1. The summed E-state index contributed by atoms with van der Waals surface area (Å²) in [5.74, 6) is -0.286. The third-order valence-electron chi connectivity index (χ3n) is 2.64. The van der Waals surface area contributed by atoms with Crippen LogP contribution in [0.25, 0.3) is 10.9 Å². The van der Waals surface area contributed by atoms with Gasteiger partial charge in [-0.2, -0.15) is 0 Å². The molecule has 3 aromatic rings. The molecule has 0 spiro atoms. The maximum atomic E-state index is 12.0. The summed E-state index contributed by atoms with van der Waals surface area (Å²) in [4.78, 5) is 20.2. The van der Waals surface area contributed by atoms with Crippen molar-refractivity contribution in [2.75, 3.05) is 11.1 Å². The molecule has 19 heavy (non-hydrogen) atoms. The second kappa shape index (κ2) is 4.66. The number of carbonyl (C=O) groups excluding carboxylic acids is 1. The molecule has 3 rings (SSSR count). The van der Waals surface area contributed by atoms with Crippen molar-refractivity contribution in [1.82, 2.24) is 9.97 Å². The molecule has 0 aliphatic carbocycles. The summed E-state index contributed by atoms with van der Waals surface area (Å²) >= 11 is 1.24. The predicted molar refractivity (Wildman–Crippen MR) is 76.2 cm³/mol. The van der Waals surface area contributed by atoms with E-state index in [9.17, 15) is 4.79 Å². The van der Waals surface area contributed by atoms with Crippen LogP contribution < -0.4 is 11.1 Å². The Labute approximate surface area is 113 Å². The van der Waals surface area contributed by atoms with E-state index in [1.165, 1.54) is 11.3 Å². The summed E-state index contributed by atoms with van der Waals surface area (Å²) in [6.07, 6.45) is 1.69. The number of aromatic nitrogens is 2. The molecule has 0 saturated carbocycles. The zero-order valence-corrected chi connectivity index (χ0v) is 10.6. The summed E-state index contributed by atoms with van der Waals surface area (Å²) in [7, 11) is 0. The van der Waals surface area contributed by atoms with Crippen molar-refractivity contribution in [3.63, 3.8) is 0 Å². The van der Waals surface area contributed by atoms with Gasteiger partial charge < -0.3 is 11.1 Å². The van der Waals surface area contributed by atoms with Gasteiger partial charge in [0.25, 0.3) is 5.91 Å². The van der Waals surface area contributed by atoms with Gasteiger partial charge in [-0.25, -0.2) is 4.98 Å². The number of hydrogen-bond donors (Lipinski definition) is 2. The predicted octanol–water partition coefficient (Wildman–Crippen LogP) is 2.53. The van der Waals surface area contributed by atoms with Gasteiger partial charge in [-0.1, -0.05) is 18.2 Å². The Balaban J connectivity index is 1.95. The number of pyridine rings is 1. The topological polar surface area (TPSA) is 80.9 Å². The largest absolute Gasteiger partial charge is 0.375 e. The van der Waals surface area contributed by atoms with Crippen LogP contribution in [0.15, 0.2) is 41.9 Å². The highest BCUT2D eigenvalue weighted by molar-refractivity contribution is 7.13. The number of amides is 1. The van der Waals surface area contributed by atoms with E-state index in [-0.39, 0.29) is 5.91 Å². The molecule has 2 heterocycles. The van der Waals surface area contributed by atoms with Crippen LogP contribution in [-0.2, 0) is 0 Å². The van der Waals surface area contributed by atoms with Gasteiger partial charge in [0, 0.05) is 17.0 Å². The van der Waals surface area contributed by atoms with Crippen molar-refractivity contribution in [3.8, 4) is 0 Å². The molecule has 2 aromatic heterocycles. The molecule has 0 aliphatic heterocycles. The summed E-state index contributed by atoms with van der Waals surface area (Å²) < 4.78 is 0. The van der Waals surface area contributed by atoms with E-state index in [0.29, 0.717) is 16.5 Å². The third kappa shape index (κ3) is 2.25. The van der Waals surface area contributed by atoms with Gasteiger partial charge in [0.2, 0.25) is 0 Å². The highest BCUT2D eigenvalue weighted by atomic mass is 32.1. The van der Waals surface area contributed by atoms with Crippen molar-refractivity contribution in [3.05, 3.63) is 47.6 Å². The average molecular weight is 270 g/mol. The van der Waals surface area contributed by atoms with Crippen molar-refractivity contribution in [2.45, 2.75) is 0 Å². The number of hydrogen-bond acceptors (Lipinski definition) is 5. The molecular weight excluding hydrogens is 260 g/mol. The molecule has 6 heteroatoms. The summed E-state index contributed by atoms with van der Waals surface area (Å²) in [6, 6.07) is 9.42. The smallest absolute Gasteiger partial charge is 0.275 e. The van der Waals surface area contributed by atoms with Crippen LogP contribution in [-0.4, -0.2) is 15.9 Å². The van der Waals surface area contributed by atoms with Gasteiger partial charge >= 0.3 is 0 Å². The fraction of sp³-hybridized carbons (Fsp3) is 0. The lowest BCUT2D eigenvalue weighted by molar-refractivity contribution is 0.102. The second-order valence-corrected chi connectivity index (χ2v) is 4.80. The SMILES string of the molecule is Nc1nc(C(=O)Nc2cccc3cccnc23)cs1. The molecule has 94 valence electrons. The van der Waals surface area contributed by atoms with Crippen LogP contribution in [0.4, 0.5) is 10.8 Å². The van der Waals surface area contributed by atoms with Crippen molar-refractivity contribution in [2.24, 2.45) is 0 Å². The van der Waals surface area contributed by atoms with Crippen LogP contribution in [0.2, 0.25) is 0 Å². The highest BCUT2D eigenvalue weighted by Gasteiger charge is 2.11. The number of fused-ring (bicyclic) bond motifs is 1. The van der Waals surface area contributed by atoms with Gasteiger partial charge in [-0.15, -0.1) is 11.3 Å². The normalized spacial score (nSPS) is 10.5. The highest BCUT2D eigenvalue weighted by Crippen LogP contribution is 2.21. The second-order valence-electron chi connectivity index (χ2n) is 3.91. The Morgan fingerprint density at radius 3 is 2.89 bits per heavy atom. The van der Waals surface area contributed by atoms with E-state index in [0.717, 1.165) is 10.9 Å². The van der Waals surface area contributed by atoms with Gasteiger partial charge in [-0.3, -0.25) is 9.78 Å². The Morgan fingerprint density at radius 2 is 2.11 bits per heavy atom. The zero-order chi connectivity index (χ0) is 13.2. The van der Waals surface area contributed by atoms with Crippen LogP contribution in [0.5, 0.6) is 0 Å². The van der Waals surface area contributed by atoms with Crippen LogP contribution in [0.3, 0.4) is 0 Å². The lowest BCUT2D eigenvalue weighted by Crippen LogP contribution is -2.12. The molecule has 0 bridgehead atoms. The third-order valence-corrected chi connectivity index (χ3v) is 3.31. The molecule has 0 saturated heterocycles. The van der Waals surface area contributed by atoms with Crippen LogP contribution in [0.1, 0.15) is 10.5 Å². The minimum atomic E-state index is -0.286. The number of anilines is 2. The van der Waals surface area contributed by atoms with Crippen molar-refractivity contribution < 1.29 is 4.79 Å². The number of nitrogens with one attached hydrogen (secondary N) is 1. The number of nitrogens with two attached hydrogens (primary N) is 1. The summed E-state index contributed by atoms with van der Waals surface area (Å²) in [5, 5.41) is 5.78. The van der Waals surface area contributed by atoms with Gasteiger partial charge in [-0.05, 0) is 12.1 Å². The Bertz CT molecular complexity index is 748. The first-order valence-electron chi connectivity index (χ1n) is 5.60. The van der Waals surface area contributed by atoms with Crippen LogP contribution >= 0.6 is 11.3 Å². The minimum absolute atomic E-state index is 0.286. The molecule has 0 fully saturated rings. The number of para-hydroxylation sites is 1. The fourth-order valence-corrected chi connectivity index (χ4v) is 2.33. The maximum absolute atomic E-state index is 12.0. The first-order chi connectivity index (χ1) is 9.24. The van der Waals surface area contributed by atoms with E-state index in [4.69, 9.17) is 5.73 Å². The Hall–Kier alpha value is -2.47. The first kappa shape index (κ1) is 11.6. The zero-order valence-electron chi connectivity index (χ0n) is 9.83. The number of nitrogen functional groups attached to an aromatic ring is 1. The lowest BCUT2D eigenvalue weighted by Gasteiger charge is -2.06. The molecule has 0 aliphatic rings. The number of benzene rings is 1. The first-order valence-corrected chi connectivity index (χ1v) is 6.48. The van der Waals surface area contributed by atoms with E-state index < -0.39 is 0 Å². The van der Waals surface area contributed by atoms with Crippen molar-refractivity contribution >= 4 is 39.0 Å². The molecule has 1 aromatic carbocycles. The van der Waals surface area contributed by atoms with E-state index >= 15 is 0 Å². The standard InChI is InChI=1S/C13H10N4OS/c14-13-17-10(7-19-13)12(18)16-9-5-1-3-8-4-2-6-15-11(8)9/h1-7H,(H2,14,17)(H,16,18). The van der Waals surface area contributed by atoms with Gasteiger partial charge in [0.15, 0.2) is 5.13 Å². The van der Waals surface area contributed by atoms with E-state index in [1.54, 1.807) is 11.6 Å². The Morgan fingerprint density at radius 1 is 1.26 bits per heavy atom. The maximum Gasteiger partial charge on any atom is 0.275 e. The molecule has 1 amide bonds. The average Bonchev–Trinajstić information content (AvgIpc) is 2.86. The Kier molecular flexibility index (Phi) is 2.85. The number of nitrogens with zero attached hydrogens (tertiary/aromatic N) is 2. The van der Waals surface area contributed by atoms with Gasteiger partial charge in [0.1, 0.15) is 5.69 Å². The van der Waals surface area contributed by atoms with E-state index in [2.05, 4.69) is 15.3 Å². The quantitative estimate of drug-likeness (QED) is 0.749. The monoisotopic (exact) mass is 270 g/mol. The number of carbonyl (C=O) groups is 1. The molecule has 0 atom stereocenters. The summed E-state index contributed by atoms with van der Waals surface area (Å²) in [5.41, 5.74) is 7.24. The molecule has 0 unspecified atom stereocenters. The van der Waals surface area contributed by atoms with E-state index in [1.807, 2.05) is 30.3 Å².